The van der Waals surface area contributed by atoms with Crippen molar-refractivity contribution in [2.24, 2.45) is 0 Å². The molecular weight excluding hydrogens is 343 g/mol. The van der Waals surface area contributed by atoms with Gasteiger partial charge in [-0.25, -0.2) is 22.6 Å². The van der Waals surface area contributed by atoms with Gasteiger partial charge in [-0.2, -0.15) is 0 Å². The quantitative estimate of drug-likeness (QED) is 0.410. The van der Waals surface area contributed by atoms with Crippen LogP contribution < -0.4 is 4.72 Å². The minimum absolute atomic E-state index is 0.0679. The molecule has 0 unspecified atom stereocenters. The van der Waals surface area contributed by atoms with Gasteiger partial charge < -0.3 is 5.11 Å². The number of nitrogens with one attached hydrogen (secondary N) is 1. The largest absolute Gasteiger partial charge is 0.503 e. The molecule has 0 fully saturated rings. The first-order valence-electron chi connectivity index (χ1n) is 6.65. The fourth-order valence-electron chi connectivity index (χ4n) is 1.65. The highest BCUT2D eigenvalue weighted by Crippen LogP contribution is 2.05. The maximum atomic E-state index is 12.8. The summed E-state index contributed by atoms with van der Waals surface area (Å²) in [5, 5.41) is 10.3. The second-order valence-electron chi connectivity index (χ2n) is 4.73. The van der Waals surface area contributed by atoms with Gasteiger partial charge in [0.2, 0.25) is 10.0 Å². The number of amides is 2. The molecule has 0 aromatic heterocycles. The molecule has 1 aromatic carbocycles. The molecule has 0 bridgehead atoms. The molecule has 1 rings (SSSR count). The minimum Gasteiger partial charge on any atom is -0.503 e. The first kappa shape index (κ1) is 19.6. The van der Waals surface area contributed by atoms with Gasteiger partial charge >= 0.3 is 0 Å². The number of sulfonamides is 1. The minimum atomic E-state index is -3.87. The molecule has 0 saturated heterocycles. The van der Waals surface area contributed by atoms with Gasteiger partial charge in [-0.05, 0) is 24.1 Å². The first-order chi connectivity index (χ1) is 11.1. The number of aliphatic hydroxyl groups excluding tert-OH is 1. The Morgan fingerprint density at radius 1 is 1.33 bits per heavy atom. The Morgan fingerprint density at radius 2 is 1.92 bits per heavy atom. The van der Waals surface area contributed by atoms with Crippen LogP contribution in [0.2, 0.25) is 0 Å². The van der Waals surface area contributed by atoms with Crippen molar-refractivity contribution in [3.63, 3.8) is 0 Å². The summed E-state index contributed by atoms with van der Waals surface area (Å²) in [4.78, 5) is 28.1. The Labute approximate surface area is 138 Å². The van der Waals surface area contributed by atoms with Gasteiger partial charge in [-0.1, -0.05) is 12.1 Å². The fraction of sp³-hybridized carbons (Fsp3) is 0.286. The van der Waals surface area contributed by atoms with Gasteiger partial charge in [0.25, 0.3) is 11.8 Å². The summed E-state index contributed by atoms with van der Waals surface area (Å²) in [6.45, 7) is 0.0679. The number of carbonyl (C=O) groups is 2. The Kier molecular flexibility index (Phi) is 6.86. The van der Waals surface area contributed by atoms with E-state index in [0.29, 0.717) is 12.5 Å². The summed E-state index contributed by atoms with van der Waals surface area (Å²) in [5.41, 5.74) is 0.745. The van der Waals surface area contributed by atoms with E-state index in [-0.39, 0.29) is 12.4 Å². The third kappa shape index (κ3) is 6.75. The Morgan fingerprint density at radius 3 is 2.42 bits per heavy atom. The van der Waals surface area contributed by atoms with E-state index in [0.717, 1.165) is 16.9 Å². The molecule has 0 aliphatic heterocycles. The van der Waals surface area contributed by atoms with Crippen molar-refractivity contribution in [2.45, 2.75) is 6.42 Å². The lowest BCUT2D eigenvalue weighted by Gasteiger charge is -2.18. The predicted molar refractivity (Wildman–Crippen MR) is 82.5 cm³/mol. The van der Waals surface area contributed by atoms with E-state index in [1.807, 2.05) is 0 Å². The molecule has 0 heterocycles. The lowest BCUT2D eigenvalue weighted by molar-refractivity contribution is -0.170. The number of aliphatic hydroxyl groups is 1. The summed E-state index contributed by atoms with van der Waals surface area (Å²) in [6, 6.07) is 5.63. The third-order valence-electron chi connectivity index (χ3n) is 2.75. The normalized spacial score (nSPS) is 11.9. The molecule has 2 amide bonds. The highest BCUT2D eigenvalue weighted by Gasteiger charge is 2.17. The molecule has 2 N–H and O–H groups in total. The smallest absolute Gasteiger partial charge is 0.299 e. The van der Waals surface area contributed by atoms with Crippen LogP contribution in [-0.2, 0) is 30.9 Å². The van der Waals surface area contributed by atoms with Crippen molar-refractivity contribution in [1.82, 2.24) is 9.79 Å². The number of benzene rings is 1. The zero-order valence-corrected chi connectivity index (χ0v) is 13.8. The molecule has 0 spiro atoms. The standard InChI is InChI=1S/C14H17FN2O6S/c1-23-17(8-7-10-3-5-11(15)6-4-10)13(19)9-12(18)14(20)16-24(2,21)22/h3-6,9,18H,7-8H2,1-2H3,(H,16,20). The van der Waals surface area contributed by atoms with Gasteiger partial charge in [0.05, 0.1) is 26.0 Å². The van der Waals surface area contributed by atoms with Crippen LogP contribution in [0, 0.1) is 5.82 Å². The number of hydroxylamine groups is 2. The number of carbonyl (C=O) groups excluding carboxylic acids is 2. The SMILES string of the molecule is CON(CCc1ccc(F)cc1)C(=O)C=C(O)C(=O)NS(C)(=O)=O. The van der Waals surface area contributed by atoms with Crippen LogP contribution in [0.5, 0.6) is 0 Å². The van der Waals surface area contributed by atoms with Crippen LogP contribution in [0.25, 0.3) is 0 Å². The molecule has 10 heteroatoms. The highest BCUT2D eigenvalue weighted by atomic mass is 32.2. The summed E-state index contributed by atoms with van der Waals surface area (Å²) < 4.78 is 36.1. The Balaban J connectivity index is 2.69. The summed E-state index contributed by atoms with van der Waals surface area (Å²) in [5.74, 6) is -3.65. The zero-order valence-electron chi connectivity index (χ0n) is 13.0. The van der Waals surface area contributed by atoms with E-state index in [2.05, 4.69) is 0 Å². The average molecular weight is 360 g/mol. The molecule has 0 saturated carbocycles. The fourth-order valence-corrected chi connectivity index (χ4v) is 2.09. The highest BCUT2D eigenvalue weighted by molar-refractivity contribution is 7.89. The molecule has 0 radical (unpaired) electrons. The van der Waals surface area contributed by atoms with Crippen LogP contribution in [0.15, 0.2) is 36.1 Å². The summed E-state index contributed by atoms with van der Waals surface area (Å²) >= 11 is 0. The van der Waals surface area contributed by atoms with Crippen molar-refractivity contribution < 1.29 is 32.3 Å². The number of nitrogens with zero attached hydrogens (tertiary/aromatic N) is 1. The molecule has 0 aliphatic rings. The van der Waals surface area contributed by atoms with Crippen LogP contribution in [0.3, 0.4) is 0 Å². The molecule has 0 atom stereocenters. The third-order valence-corrected chi connectivity index (χ3v) is 3.31. The molecule has 132 valence electrons. The lowest BCUT2D eigenvalue weighted by atomic mass is 10.1. The van der Waals surface area contributed by atoms with Crippen LogP contribution >= 0.6 is 0 Å². The number of hydrogen-bond acceptors (Lipinski definition) is 6. The molecule has 24 heavy (non-hydrogen) atoms. The van der Waals surface area contributed by atoms with E-state index in [1.165, 1.54) is 24.0 Å². The van der Waals surface area contributed by atoms with Crippen molar-refractivity contribution in [3.05, 3.63) is 47.5 Å². The predicted octanol–water partition coefficient (Wildman–Crippen LogP) is 0.276. The van der Waals surface area contributed by atoms with E-state index < -0.39 is 27.6 Å². The number of halogens is 1. The van der Waals surface area contributed by atoms with Crippen molar-refractivity contribution in [1.29, 1.82) is 0 Å². The van der Waals surface area contributed by atoms with E-state index >= 15 is 0 Å². The van der Waals surface area contributed by atoms with Gasteiger partial charge in [0.1, 0.15) is 5.82 Å². The second-order valence-corrected chi connectivity index (χ2v) is 6.48. The maximum Gasteiger partial charge on any atom is 0.299 e. The molecule has 1 aromatic rings. The summed E-state index contributed by atoms with van der Waals surface area (Å²) in [6.07, 6.45) is 1.60. The molecule has 8 nitrogen and oxygen atoms in total. The molecule has 0 aliphatic carbocycles. The summed E-state index contributed by atoms with van der Waals surface area (Å²) in [7, 11) is -2.65. The van der Waals surface area contributed by atoms with Crippen LogP contribution in [-0.4, -0.2) is 50.3 Å². The van der Waals surface area contributed by atoms with Crippen molar-refractivity contribution in [2.75, 3.05) is 19.9 Å². The second kappa shape index (κ2) is 8.41. The van der Waals surface area contributed by atoms with Crippen LogP contribution in [0.4, 0.5) is 4.39 Å². The van der Waals surface area contributed by atoms with Gasteiger partial charge in [-0.3, -0.25) is 14.4 Å². The van der Waals surface area contributed by atoms with Crippen LogP contribution in [0.1, 0.15) is 5.56 Å². The van der Waals surface area contributed by atoms with Crippen molar-refractivity contribution in [3.8, 4) is 0 Å². The monoisotopic (exact) mass is 360 g/mol. The Bertz CT molecular complexity index is 730. The maximum absolute atomic E-state index is 12.8. The molecular formula is C14H17FN2O6S. The van der Waals surface area contributed by atoms with Crippen molar-refractivity contribution >= 4 is 21.8 Å². The number of rotatable bonds is 7. The Hall–Kier alpha value is -2.46. The van der Waals surface area contributed by atoms with E-state index in [4.69, 9.17) is 4.84 Å². The van der Waals surface area contributed by atoms with E-state index in [1.54, 1.807) is 12.1 Å². The average Bonchev–Trinajstić information content (AvgIpc) is 2.48. The first-order valence-corrected chi connectivity index (χ1v) is 8.54. The van der Waals surface area contributed by atoms with Gasteiger partial charge in [0.15, 0.2) is 5.76 Å². The zero-order chi connectivity index (χ0) is 18.3. The number of hydrogen-bond donors (Lipinski definition) is 2. The van der Waals surface area contributed by atoms with Gasteiger partial charge in [0, 0.05) is 0 Å². The van der Waals surface area contributed by atoms with E-state index in [9.17, 15) is 27.5 Å². The van der Waals surface area contributed by atoms with Gasteiger partial charge in [-0.15, -0.1) is 0 Å². The topological polar surface area (TPSA) is 113 Å². The lowest BCUT2D eigenvalue weighted by Crippen LogP contribution is -2.33.